The van der Waals surface area contributed by atoms with E-state index in [0.717, 1.165) is 5.56 Å². The van der Waals surface area contributed by atoms with Crippen molar-refractivity contribution < 1.29 is 14.3 Å². The first kappa shape index (κ1) is 18.6. The predicted octanol–water partition coefficient (Wildman–Crippen LogP) is 2.17. The van der Waals surface area contributed by atoms with Crippen molar-refractivity contribution in [3.63, 3.8) is 0 Å². The van der Waals surface area contributed by atoms with Gasteiger partial charge in [-0.1, -0.05) is 24.3 Å². The first-order valence-electron chi connectivity index (χ1n) is 9.71. The number of hydrogen-bond acceptors (Lipinski definition) is 4. The number of carbonyl (C=O) groups is 2. The molecule has 6 heteroatoms. The van der Waals surface area contributed by atoms with E-state index in [0.29, 0.717) is 39.2 Å². The zero-order valence-electron chi connectivity index (χ0n) is 16.1. The number of likely N-dealkylation sites (tertiary alicyclic amines) is 2. The summed E-state index contributed by atoms with van der Waals surface area (Å²) in [4.78, 5) is 32.6. The molecular weight excluding hydrogens is 354 g/mol. The van der Waals surface area contributed by atoms with Crippen LogP contribution in [0.15, 0.2) is 48.8 Å². The zero-order chi connectivity index (χ0) is 19.5. The average molecular weight is 379 g/mol. The SMILES string of the molecule is Cc1ccccc1COC1CN(C(=O)C2CC(=O)N(Cc3ccncc3)C2)C1. The highest BCUT2D eigenvalue weighted by molar-refractivity contribution is 5.89. The molecule has 0 N–H and O–H groups in total. The normalized spacial score (nSPS) is 19.8. The summed E-state index contributed by atoms with van der Waals surface area (Å²) in [6.07, 6.45) is 3.81. The van der Waals surface area contributed by atoms with Crippen LogP contribution in [0, 0.1) is 12.8 Å². The van der Waals surface area contributed by atoms with Crippen molar-refractivity contribution in [3.8, 4) is 0 Å². The van der Waals surface area contributed by atoms with Crippen molar-refractivity contribution in [2.24, 2.45) is 5.92 Å². The van der Waals surface area contributed by atoms with Crippen LogP contribution in [0.4, 0.5) is 0 Å². The van der Waals surface area contributed by atoms with Crippen LogP contribution in [-0.2, 0) is 27.5 Å². The quantitative estimate of drug-likeness (QED) is 0.772. The van der Waals surface area contributed by atoms with E-state index in [4.69, 9.17) is 4.74 Å². The van der Waals surface area contributed by atoms with Gasteiger partial charge in [-0.25, -0.2) is 0 Å². The summed E-state index contributed by atoms with van der Waals surface area (Å²) in [7, 11) is 0. The van der Waals surface area contributed by atoms with Gasteiger partial charge < -0.3 is 14.5 Å². The second-order valence-corrected chi connectivity index (χ2v) is 7.63. The Morgan fingerprint density at radius 1 is 1.14 bits per heavy atom. The highest BCUT2D eigenvalue weighted by Crippen LogP contribution is 2.25. The maximum absolute atomic E-state index is 12.7. The number of ether oxygens (including phenoxy) is 1. The summed E-state index contributed by atoms with van der Waals surface area (Å²) in [5.41, 5.74) is 3.43. The standard InChI is InChI=1S/C22H25N3O3/c1-16-4-2-3-5-18(16)15-28-20-13-25(14-20)22(27)19-10-21(26)24(12-19)11-17-6-8-23-9-7-17/h2-9,19-20H,10-15H2,1H3. The van der Waals surface area contributed by atoms with Gasteiger partial charge >= 0.3 is 0 Å². The Hall–Kier alpha value is -2.73. The topological polar surface area (TPSA) is 62.7 Å². The molecule has 0 aliphatic carbocycles. The van der Waals surface area contributed by atoms with Gasteiger partial charge in [0, 0.05) is 45.0 Å². The molecule has 6 nitrogen and oxygen atoms in total. The lowest BCUT2D eigenvalue weighted by atomic mass is 10.0. The van der Waals surface area contributed by atoms with Crippen LogP contribution in [0.5, 0.6) is 0 Å². The summed E-state index contributed by atoms with van der Waals surface area (Å²) in [6, 6.07) is 12.0. The molecule has 1 aromatic carbocycles. The number of carbonyl (C=O) groups excluding carboxylic acids is 2. The number of nitrogens with zero attached hydrogens (tertiary/aromatic N) is 3. The van der Waals surface area contributed by atoms with E-state index in [2.05, 4.69) is 24.0 Å². The maximum atomic E-state index is 12.7. The van der Waals surface area contributed by atoms with Crippen molar-refractivity contribution in [2.75, 3.05) is 19.6 Å². The molecule has 2 saturated heterocycles. The summed E-state index contributed by atoms with van der Waals surface area (Å²) in [6.45, 7) is 4.89. The summed E-state index contributed by atoms with van der Waals surface area (Å²) in [5.74, 6) is -0.129. The third-order valence-electron chi connectivity index (χ3n) is 5.58. The number of aromatic nitrogens is 1. The minimum absolute atomic E-state index is 0.0445. The largest absolute Gasteiger partial charge is 0.370 e. The molecule has 2 aliphatic rings. The Bertz CT molecular complexity index is 849. The van der Waals surface area contributed by atoms with E-state index in [1.54, 1.807) is 17.3 Å². The monoisotopic (exact) mass is 379 g/mol. The fourth-order valence-electron chi connectivity index (χ4n) is 3.76. The van der Waals surface area contributed by atoms with E-state index in [-0.39, 0.29) is 23.8 Å². The second kappa shape index (κ2) is 8.10. The molecule has 2 aliphatic heterocycles. The van der Waals surface area contributed by atoms with E-state index < -0.39 is 0 Å². The number of amides is 2. The number of rotatable bonds is 6. The Kier molecular flexibility index (Phi) is 5.39. The minimum Gasteiger partial charge on any atom is -0.370 e. The van der Waals surface area contributed by atoms with Gasteiger partial charge in [0.2, 0.25) is 11.8 Å². The number of aryl methyl sites for hydroxylation is 1. The van der Waals surface area contributed by atoms with Gasteiger partial charge in [-0.05, 0) is 35.7 Å². The van der Waals surface area contributed by atoms with Crippen molar-refractivity contribution in [1.29, 1.82) is 0 Å². The van der Waals surface area contributed by atoms with Crippen LogP contribution >= 0.6 is 0 Å². The molecule has 28 heavy (non-hydrogen) atoms. The lowest BCUT2D eigenvalue weighted by Crippen LogP contribution is -2.56. The predicted molar refractivity (Wildman–Crippen MR) is 104 cm³/mol. The zero-order valence-corrected chi connectivity index (χ0v) is 16.1. The molecule has 2 amide bonds. The van der Waals surface area contributed by atoms with Crippen molar-refractivity contribution in [1.82, 2.24) is 14.8 Å². The van der Waals surface area contributed by atoms with Gasteiger partial charge in [0.15, 0.2) is 0 Å². The number of benzene rings is 1. The molecule has 146 valence electrons. The molecule has 2 aromatic rings. The number of hydrogen-bond donors (Lipinski definition) is 0. The molecule has 0 saturated carbocycles. The van der Waals surface area contributed by atoms with Crippen molar-refractivity contribution in [3.05, 3.63) is 65.5 Å². The molecule has 0 radical (unpaired) electrons. The third kappa shape index (κ3) is 4.07. The maximum Gasteiger partial charge on any atom is 0.228 e. The van der Waals surface area contributed by atoms with Crippen molar-refractivity contribution >= 4 is 11.8 Å². The summed E-state index contributed by atoms with van der Waals surface area (Å²) in [5, 5.41) is 0. The lowest BCUT2D eigenvalue weighted by molar-refractivity contribution is -0.150. The van der Waals surface area contributed by atoms with E-state index in [9.17, 15) is 9.59 Å². The van der Waals surface area contributed by atoms with Gasteiger partial charge in [0.1, 0.15) is 0 Å². The fraction of sp³-hybridized carbons (Fsp3) is 0.409. The lowest BCUT2D eigenvalue weighted by Gasteiger charge is -2.40. The Morgan fingerprint density at radius 3 is 2.64 bits per heavy atom. The van der Waals surface area contributed by atoms with Gasteiger partial charge in [-0.15, -0.1) is 0 Å². The molecule has 1 aromatic heterocycles. The molecule has 0 spiro atoms. The van der Waals surface area contributed by atoms with Crippen LogP contribution in [0.3, 0.4) is 0 Å². The smallest absolute Gasteiger partial charge is 0.228 e. The third-order valence-corrected chi connectivity index (χ3v) is 5.58. The van der Waals surface area contributed by atoms with Crippen LogP contribution in [0.2, 0.25) is 0 Å². The van der Waals surface area contributed by atoms with Gasteiger partial charge in [0.25, 0.3) is 0 Å². The van der Waals surface area contributed by atoms with Gasteiger partial charge in [-0.3, -0.25) is 14.6 Å². The summed E-state index contributed by atoms with van der Waals surface area (Å²) < 4.78 is 5.93. The van der Waals surface area contributed by atoms with Crippen LogP contribution in [0.1, 0.15) is 23.1 Å². The first-order valence-corrected chi connectivity index (χ1v) is 9.71. The van der Waals surface area contributed by atoms with Crippen LogP contribution in [-0.4, -0.2) is 52.3 Å². The molecule has 1 unspecified atom stereocenters. The fourth-order valence-corrected chi connectivity index (χ4v) is 3.76. The molecule has 4 rings (SSSR count). The minimum atomic E-state index is -0.244. The van der Waals surface area contributed by atoms with Crippen LogP contribution < -0.4 is 0 Å². The van der Waals surface area contributed by atoms with Crippen LogP contribution in [0.25, 0.3) is 0 Å². The Balaban J connectivity index is 1.24. The average Bonchev–Trinajstić information content (AvgIpc) is 3.03. The van der Waals surface area contributed by atoms with E-state index in [1.807, 2.05) is 29.2 Å². The highest BCUT2D eigenvalue weighted by Gasteiger charge is 2.40. The first-order chi connectivity index (χ1) is 13.6. The molecule has 3 heterocycles. The Labute approximate surface area is 165 Å². The van der Waals surface area contributed by atoms with Gasteiger partial charge in [-0.2, -0.15) is 0 Å². The molecule has 1 atom stereocenters. The van der Waals surface area contributed by atoms with Crippen molar-refractivity contribution in [2.45, 2.75) is 32.6 Å². The van der Waals surface area contributed by atoms with Gasteiger partial charge in [0.05, 0.1) is 18.6 Å². The van der Waals surface area contributed by atoms with E-state index in [1.165, 1.54) is 11.1 Å². The summed E-state index contributed by atoms with van der Waals surface area (Å²) >= 11 is 0. The Morgan fingerprint density at radius 2 is 1.89 bits per heavy atom. The van der Waals surface area contributed by atoms with E-state index >= 15 is 0 Å². The molecule has 2 fully saturated rings. The highest BCUT2D eigenvalue weighted by atomic mass is 16.5. The molecular formula is C22H25N3O3. The number of pyridine rings is 1. The molecule has 0 bridgehead atoms. The second-order valence-electron chi connectivity index (χ2n) is 7.63.